The SMILES string of the molecule is Cc1cc(CCCCCCOc2ccc(C#N)cc2)on1. The lowest BCUT2D eigenvalue weighted by Gasteiger charge is -2.05. The Bertz CT molecular complexity index is 582. The van der Waals surface area contributed by atoms with Gasteiger partial charge in [0.25, 0.3) is 0 Å². The summed E-state index contributed by atoms with van der Waals surface area (Å²) in [5.74, 6) is 1.80. The number of hydrogen-bond donors (Lipinski definition) is 0. The highest BCUT2D eigenvalue weighted by atomic mass is 16.5. The van der Waals surface area contributed by atoms with Gasteiger partial charge < -0.3 is 9.26 Å². The van der Waals surface area contributed by atoms with Crippen LogP contribution in [-0.2, 0) is 6.42 Å². The summed E-state index contributed by atoms with van der Waals surface area (Å²) in [6.07, 6.45) is 5.41. The van der Waals surface area contributed by atoms with E-state index in [-0.39, 0.29) is 0 Å². The highest BCUT2D eigenvalue weighted by molar-refractivity contribution is 5.34. The molecule has 0 amide bonds. The van der Waals surface area contributed by atoms with Crippen molar-refractivity contribution in [2.45, 2.75) is 39.0 Å². The molecule has 0 aliphatic rings. The third-order valence-corrected chi connectivity index (χ3v) is 3.25. The number of ether oxygens (including phenoxy) is 1. The first kappa shape index (κ1) is 15.1. The quantitative estimate of drug-likeness (QED) is 0.686. The van der Waals surface area contributed by atoms with Crippen LogP contribution in [0.2, 0.25) is 0 Å². The Labute approximate surface area is 125 Å². The van der Waals surface area contributed by atoms with Crippen LogP contribution in [0, 0.1) is 18.3 Å². The zero-order valence-corrected chi connectivity index (χ0v) is 12.3. The van der Waals surface area contributed by atoms with Crippen LogP contribution in [0.3, 0.4) is 0 Å². The number of unbranched alkanes of at least 4 members (excludes halogenated alkanes) is 3. The number of nitriles is 1. The molecule has 0 aliphatic carbocycles. The van der Waals surface area contributed by atoms with Gasteiger partial charge in [-0.15, -0.1) is 0 Å². The Morgan fingerprint density at radius 2 is 1.90 bits per heavy atom. The van der Waals surface area contributed by atoms with E-state index in [1.807, 2.05) is 25.1 Å². The first-order valence-corrected chi connectivity index (χ1v) is 7.33. The molecule has 4 nitrogen and oxygen atoms in total. The maximum Gasteiger partial charge on any atom is 0.136 e. The van der Waals surface area contributed by atoms with Gasteiger partial charge in [-0.05, 0) is 44.0 Å². The number of aromatic nitrogens is 1. The van der Waals surface area contributed by atoms with Crippen molar-refractivity contribution in [3.8, 4) is 11.8 Å². The molecule has 0 bridgehead atoms. The average molecular weight is 284 g/mol. The second kappa shape index (κ2) is 8.11. The summed E-state index contributed by atoms with van der Waals surface area (Å²) in [5, 5.41) is 12.6. The van der Waals surface area contributed by atoms with Crippen molar-refractivity contribution in [3.05, 3.63) is 47.3 Å². The number of benzene rings is 1. The van der Waals surface area contributed by atoms with E-state index >= 15 is 0 Å². The Kier molecular flexibility index (Phi) is 5.83. The van der Waals surface area contributed by atoms with Crippen LogP contribution >= 0.6 is 0 Å². The summed E-state index contributed by atoms with van der Waals surface area (Å²) >= 11 is 0. The fraction of sp³-hybridized carbons (Fsp3) is 0.412. The average Bonchev–Trinajstić information content (AvgIpc) is 2.92. The molecule has 21 heavy (non-hydrogen) atoms. The summed E-state index contributed by atoms with van der Waals surface area (Å²) in [4.78, 5) is 0. The van der Waals surface area contributed by atoms with Gasteiger partial charge in [0.1, 0.15) is 11.5 Å². The summed E-state index contributed by atoms with van der Waals surface area (Å²) in [6, 6.07) is 11.3. The first-order chi connectivity index (χ1) is 10.3. The van der Waals surface area contributed by atoms with Gasteiger partial charge in [0, 0.05) is 12.5 Å². The Morgan fingerprint density at radius 1 is 1.14 bits per heavy atom. The molecule has 1 aromatic carbocycles. The smallest absolute Gasteiger partial charge is 0.136 e. The van der Waals surface area contributed by atoms with Gasteiger partial charge in [0.2, 0.25) is 0 Å². The van der Waals surface area contributed by atoms with Gasteiger partial charge in [0.15, 0.2) is 0 Å². The second-order valence-electron chi connectivity index (χ2n) is 5.08. The molecule has 1 aromatic heterocycles. The fourth-order valence-electron chi connectivity index (χ4n) is 2.10. The molecule has 4 heteroatoms. The lowest BCUT2D eigenvalue weighted by atomic mass is 10.1. The number of hydrogen-bond acceptors (Lipinski definition) is 4. The van der Waals surface area contributed by atoms with Crippen LogP contribution in [0.5, 0.6) is 5.75 Å². The Hall–Kier alpha value is -2.28. The van der Waals surface area contributed by atoms with Crippen molar-refractivity contribution in [1.82, 2.24) is 5.16 Å². The van der Waals surface area contributed by atoms with Crippen LogP contribution in [0.25, 0.3) is 0 Å². The third-order valence-electron chi connectivity index (χ3n) is 3.25. The molecule has 0 spiro atoms. The van der Waals surface area contributed by atoms with Crippen LogP contribution in [0.15, 0.2) is 34.9 Å². The predicted octanol–water partition coefficient (Wildman–Crippen LogP) is 4.04. The zero-order chi connectivity index (χ0) is 14.9. The van der Waals surface area contributed by atoms with Crippen molar-refractivity contribution in [1.29, 1.82) is 5.26 Å². The van der Waals surface area contributed by atoms with Crippen LogP contribution in [-0.4, -0.2) is 11.8 Å². The second-order valence-corrected chi connectivity index (χ2v) is 5.08. The minimum Gasteiger partial charge on any atom is -0.494 e. The molecule has 110 valence electrons. The van der Waals surface area contributed by atoms with Crippen molar-refractivity contribution in [2.24, 2.45) is 0 Å². The molecular weight excluding hydrogens is 264 g/mol. The maximum atomic E-state index is 8.71. The summed E-state index contributed by atoms with van der Waals surface area (Å²) < 4.78 is 10.8. The van der Waals surface area contributed by atoms with E-state index in [2.05, 4.69) is 11.2 Å². The largest absolute Gasteiger partial charge is 0.494 e. The standard InChI is InChI=1S/C17H20N2O2/c1-14-12-17(21-19-14)6-4-2-3-5-11-20-16-9-7-15(13-18)8-10-16/h7-10,12H,2-6,11H2,1H3. The highest BCUT2D eigenvalue weighted by Crippen LogP contribution is 2.13. The topological polar surface area (TPSA) is 59.0 Å². The Morgan fingerprint density at radius 3 is 2.57 bits per heavy atom. The molecule has 0 N–H and O–H groups in total. The number of nitrogens with zero attached hydrogens (tertiary/aromatic N) is 2. The van der Waals surface area contributed by atoms with Crippen LogP contribution < -0.4 is 4.74 Å². The normalized spacial score (nSPS) is 10.3. The van der Waals surface area contributed by atoms with E-state index in [9.17, 15) is 0 Å². The molecule has 2 rings (SSSR count). The molecule has 0 aliphatic heterocycles. The van der Waals surface area contributed by atoms with Gasteiger partial charge in [-0.2, -0.15) is 5.26 Å². The highest BCUT2D eigenvalue weighted by Gasteiger charge is 2.00. The molecule has 0 saturated carbocycles. The van der Waals surface area contributed by atoms with Crippen molar-refractivity contribution in [2.75, 3.05) is 6.61 Å². The zero-order valence-electron chi connectivity index (χ0n) is 12.3. The monoisotopic (exact) mass is 284 g/mol. The van der Waals surface area contributed by atoms with E-state index < -0.39 is 0 Å². The molecule has 0 saturated heterocycles. The van der Waals surface area contributed by atoms with E-state index in [1.165, 1.54) is 0 Å². The van der Waals surface area contributed by atoms with Gasteiger partial charge in [-0.25, -0.2) is 0 Å². The van der Waals surface area contributed by atoms with Crippen molar-refractivity contribution in [3.63, 3.8) is 0 Å². The predicted molar refractivity (Wildman–Crippen MR) is 80.1 cm³/mol. The minimum absolute atomic E-state index is 0.657. The lowest BCUT2D eigenvalue weighted by Crippen LogP contribution is -1.97. The number of rotatable bonds is 8. The Balaban J connectivity index is 1.52. The van der Waals surface area contributed by atoms with Crippen molar-refractivity contribution >= 4 is 0 Å². The van der Waals surface area contributed by atoms with Gasteiger partial charge in [-0.1, -0.05) is 18.0 Å². The van der Waals surface area contributed by atoms with Gasteiger partial charge in [0.05, 0.1) is 23.9 Å². The minimum atomic E-state index is 0.657. The van der Waals surface area contributed by atoms with Crippen LogP contribution in [0.1, 0.15) is 42.7 Å². The number of aryl methyl sites for hydroxylation is 2. The fourth-order valence-corrected chi connectivity index (χ4v) is 2.10. The van der Waals surface area contributed by atoms with Crippen molar-refractivity contribution < 1.29 is 9.26 Å². The summed E-state index contributed by atoms with van der Waals surface area (Å²) in [7, 11) is 0. The molecule has 0 radical (unpaired) electrons. The van der Waals surface area contributed by atoms with Gasteiger partial charge in [-0.3, -0.25) is 0 Å². The summed E-state index contributed by atoms with van der Waals surface area (Å²) in [6.45, 7) is 2.65. The van der Waals surface area contributed by atoms with Gasteiger partial charge >= 0.3 is 0 Å². The molecular formula is C17H20N2O2. The molecule has 0 atom stereocenters. The summed E-state index contributed by atoms with van der Waals surface area (Å²) in [5.41, 5.74) is 1.60. The van der Waals surface area contributed by atoms with Crippen LogP contribution in [0.4, 0.5) is 0 Å². The molecule has 0 fully saturated rings. The molecule has 2 aromatic rings. The van der Waals surface area contributed by atoms with E-state index in [4.69, 9.17) is 14.5 Å². The lowest BCUT2D eigenvalue weighted by molar-refractivity contribution is 0.304. The maximum absolute atomic E-state index is 8.71. The molecule has 0 unspecified atom stereocenters. The van der Waals surface area contributed by atoms with E-state index in [0.717, 1.165) is 49.3 Å². The molecule has 1 heterocycles. The van der Waals surface area contributed by atoms with E-state index in [1.54, 1.807) is 12.1 Å². The van der Waals surface area contributed by atoms with E-state index in [0.29, 0.717) is 12.2 Å². The third kappa shape index (κ3) is 5.31. The first-order valence-electron chi connectivity index (χ1n) is 7.33.